The van der Waals surface area contributed by atoms with Crippen LogP contribution in [-0.2, 0) is 16.1 Å². The summed E-state index contributed by atoms with van der Waals surface area (Å²) in [6.45, 7) is 1.86. The van der Waals surface area contributed by atoms with Crippen molar-refractivity contribution in [3.8, 4) is 0 Å². The van der Waals surface area contributed by atoms with Crippen LogP contribution in [0, 0.1) is 0 Å². The number of carbonyl (C=O) groups is 1. The van der Waals surface area contributed by atoms with Crippen molar-refractivity contribution in [1.29, 1.82) is 0 Å². The van der Waals surface area contributed by atoms with Crippen molar-refractivity contribution in [2.24, 2.45) is 0 Å². The minimum atomic E-state index is -0.274. The lowest BCUT2D eigenvalue weighted by atomic mass is 10.2. The Hall–Kier alpha value is -1.62. The summed E-state index contributed by atoms with van der Waals surface area (Å²) in [6, 6.07) is 5.08. The maximum atomic E-state index is 11.6. The van der Waals surface area contributed by atoms with Gasteiger partial charge in [0.1, 0.15) is 6.10 Å². The smallest absolute Gasteiger partial charge is 0.250 e. The highest BCUT2D eigenvalue weighted by Crippen LogP contribution is 2.11. The first kappa shape index (κ1) is 12.8. The van der Waals surface area contributed by atoms with Crippen LogP contribution in [0.25, 0.3) is 0 Å². The summed E-state index contributed by atoms with van der Waals surface area (Å²) >= 11 is 0. The molecular weight excluding hydrogens is 232 g/mol. The molecule has 2 rings (SSSR count). The van der Waals surface area contributed by atoms with Crippen LogP contribution >= 0.6 is 0 Å². The Morgan fingerprint density at radius 3 is 3.11 bits per heavy atom. The molecule has 1 aliphatic rings. The molecule has 0 bridgehead atoms. The fourth-order valence-electron chi connectivity index (χ4n) is 2.00. The van der Waals surface area contributed by atoms with Crippen LogP contribution in [-0.4, -0.2) is 29.7 Å². The van der Waals surface area contributed by atoms with Gasteiger partial charge in [-0.25, -0.2) is 0 Å². The molecule has 1 aliphatic heterocycles. The summed E-state index contributed by atoms with van der Waals surface area (Å²) in [5, 5.41) is 2.83. The first-order valence-electron chi connectivity index (χ1n) is 6.32. The van der Waals surface area contributed by atoms with E-state index >= 15 is 0 Å². The summed E-state index contributed by atoms with van der Waals surface area (Å²) in [7, 11) is 0. The van der Waals surface area contributed by atoms with Crippen molar-refractivity contribution in [1.82, 2.24) is 9.88 Å². The summed E-state index contributed by atoms with van der Waals surface area (Å²) in [4.78, 5) is 23.0. The Morgan fingerprint density at radius 2 is 2.39 bits per heavy atom. The van der Waals surface area contributed by atoms with Gasteiger partial charge in [-0.3, -0.25) is 9.59 Å². The second-order valence-electron chi connectivity index (χ2n) is 4.38. The molecule has 1 aromatic rings. The molecule has 98 valence electrons. The largest absolute Gasteiger partial charge is 0.368 e. The third kappa shape index (κ3) is 3.43. The van der Waals surface area contributed by atoms with Crippen LogP contribution in [0.4, 0.5) is 0 Å². The Labute approximate surface area is 106 Å². The number of aromatic nitrogens is 1. The first-order valence-corrected chi connectivity index (χ1v) is 6.32. The predicted octanol–water partition coefficient (Wildman–Crippen LogP) is 0.534. The summed E-state index contributed by atoms with van der Waals surface area (Å²) in [5.41, 5.74) is -0.0112. The minimum Gasteiger partial charge on any atom is -0.368 e. The predicted molar refractivity (Wildman–Crippen MR) is 67.3 cm³/mol. The molecule has 1 aromatic heterocycles. The van der Waals surface area contributed by atoms with Gasteiger partial charge in [-0.15, -0.1) is 0 Å². The van der Waals surface area contributed by atoms with Crippen LogP contribution in [0.2, 0.25) is 0 Å². The van der Waals surface area contributed by atoms with Crippen LogP contribution in [0.3, 0.4) is 0 Å². The van der Waals surface area contributed by atoms with E-state index in [1.165, 1.54) is 6.07 Å². The quantitative estimate of drug-likeness (QED) is 0.776. The molecule has 5 nitrogen and oxygen atoms in total. The molecule has 1 atom stereocenters. The first-order chi connectivity index (χ1) is 8.77. The molecular formula is C13H18N2O3. The molecule has 1 fully saturated rings. The molecule has 1 N–H and O–H groups in total. The van der Waals surface area contributed by atoms with Crippen LogP contribution in [0.15, 0.2) is 29.2 Å². The van der Waals surface area contributed by atoms with Gasteiger partial charge < -0.3 is 14.6 Å². The number of hydrogen-bond donors (Lipinski definition) is 1. The van der Waals surface area contributed by atoms with Crippen molar-refractivity contribution >= 4 is 5.91 Å². The second-order valence-corrected chi connectivity index (χ2v) is 4.38. The number of hydrogen-bond acceptors (Lipinski definition) is 3. The van der Waals surface area contributed by atoms with E-state index in [2.05, 4.69) is 5.32 Å². The average molecular weight is 250 g/mol. The molecule has 2 heterocycles. The topological polar surface area (TPSA) is 60.3 Å². The lowest BCUT2D eigenvalue weighted by Gasteiger charge is -2.10. The van der Waals surface area contributed by atoms with E-state index in [1.54, 1.807) is 16.8 Å². The summed E-state index contributed by atoms with van der Waals surface area (Å²) in [5.74, 6) is -0.0343. The number of nitrogens with one attached hydrogen (secondary N) is 1. The molecule has 5 heteroatoms. The van der Waals surface area contributed by atoms with Gasteiger partial charge in [0.05, 0.1) is 0 Å². The van der Waals surface area contributed by atoms with Crippen molar-refractivity contribution in [3.05, 3.63) is 34.7 Å². The molecule has 0 aliphatic carbocycles. The summed E-state index contributed by atoms with van der Waals surface area (Å²) in [6.07, 6.45) is 3.98. The van der Waals surface area contributed by atoms with Gasteiger partial charge in [-0.2, -0.15) is 0 Å². The van der Waals surface area contributed by atoms with Crippen LogP contribution in [0.1, 0.15) is 19.3 Å². The van der Waals surface area contributed by atoms with Crippen LogP contribution < -0.4 is 10.9 Å². The highest BCUT2D eigenvalue weighted by Gasteiger charge is 2.22. The highest BCUT2D eigenvalue weighted by molar-refractivity contribution is 5.80. The fraction of sp³-hybridized carbons (Fsp3) is 0.538. The van der Waals surface area contributed by atoms with Gasteiger partial charge in [0.25, 0.3) is 0 Å². The van der Waals surface area contributed by atoms with E-state index in [-0.39, 0.29) is 17.6 Å². The van der Waals surface area contributed by atoms with E-state index in [0.717, 1.165) is 19.3 Å². The van der Waals surface area contributed by atoms with Gasteiger partial charge in [-0.05, 0) is 25.3 Å². The van der Waals surface area contributed by atoms with Crippen LogP contribution in [0.5, 0.6) is 0 Å². The maximum absolute atomic E-state index is 11.6. The SMILES string of the molecule is O=C(NCCCn1ccccc1=O)[C@H]1CCCO1. The molecule has 18 heavy (non-hydrogen) atoms. The number of nitrogens with zero attached hydrogens (tertiary/aromatic N) is 1. The number of ether oxygens (including phenoxy) is 1. The third-order valence-corrected chi connectivity index (χ3v) is 3.00. The normalized spacial score (nSPS) is 18.8. The van der Waals surface area contributed by atoms with E-state index in [0.29, 0.717) is 19.7 Å². The average Bonchev–Trinajstić information content (AvgIpc) is 2.90. The number of aryl methyl sites for hydroxylation is 1. The van der Waals surface area contributed by atoms with Gasteiger partial charge >= 0.3 is 0 Å². The zero-order chi connectivity index (χ0) is 12.8. The van der Waals surface area contributed by atoms with Crippen molar-refractivity contribution in [3.63, 3.8) is 0 Å². The monoisotopic (exact) mass is 250 g/mol. The highest BCUT2D eigenvalue weighted by atomic mass is 16.5. The van der Waals surface area contributed by atoms with Gasteiger partial charge in [0, 0.05) is 32.0 Å². The third-order valence-electron chi connectivity index (χ3n) is 3.00. The molecule has 0 aromatic carbocycles. The Kier molecular flexibility index (Phi) is 4.52. The summed E-state index contributed by atoms with van der Waals surface area (Å²) < 4.78 is 6.92. The van der Waals surface area contributed by atoms with Gasteiger partial charge in [0.2, 0.25) is 11.5 Å². The van der Waals surface area contributed by atoms with Crippen molar-refractivity contribution in [2.75, 3.05) is 13.2 Å². The molecule has 1 saturated heterocycles. The number of pyridine rings is 1. The molecule has 0 saturated carbocycles. The van der Waals surface area contributed by atoms with E-state index in [4.69, 9.17) is 4.74 Å². The molecule has 0 spiro atoms. The Bertz CT molecular complexity index is 450. The zero-order valence-corrected chi connectivity index (χ0v) is 10.3. The fourth-order valence-corrected chi connectivity index (χ4v) is 2.00. The van der Waals surface area contributed by atoms with Crippen molar-refractivity contribution < 1.29 is 9.53 Å². The molecule has 0 radical (unpaired) electrons. The van der Waals surface area contributed by atoms with E-state index in [1.807, 2.05) is 6.07 Å². The van der Waals surface area contributed by atoms with E-state index < -0.39 is 0 Å². The number of carbonyl (C=O) groups excluding carboxylic acids is 1. The van der Waals surface area contributed by atoms with E-state index in [9.17, 15) is 9.59 Å². The molecule has 1 amide bonds. The Balaban J connectivity index is 1.68. The number of amides is 1. The number of rotatable bonds is 5. The standard InChI is InChI=1S/C13H18N2O3/c16-12-6-1-2-8-15(12)9-4-7-14-13(17)11-5-3-10-18-11/h1-2,6,8,11H,3-5,7,9-10H2,(H,14,17)/t11-/m1/s1. The van der Waals surface area contributed by atoms with Gasteiger partial charge in [-0.1, -0.05) is 6.07 Å². The van der Waals surface area contributed by atoms with Gasteiger partial charge in [0.15, 0.2) is 0 Å². The van der Waals surface area contributed by atoms with Crippen molar-refractivity contribution in [2.45, 2.75) is 31.9 Å². The second kappa shape index (κ2) is 6.35. The minimum absolute atomic E-state index is 0.0112. The Morgan fingerprint density at radius 1 is 1.50 bits per heavy atom. The zero-order valence-electron chi connectivity index (χ0n) is 10.3. The maximum Gasteiger partial charge on any atom is 0.250 e. The molecule has 0 unspecified atom stereocenters. The lowest BCUT2D eigenvalue weighted by Crippen LogP contribution is -2.35. The lowest BCUT2D eigenvalue weighted by molar-refractivity contribution is -0.130.